The quantitative estimate of drug-likeness (QED) is 0.713. The summed E-state index contributed by atoms with van der Waals surface area (Å²) in [6.45, 7) is 8.04. The van der Waals surface area contributed by atoms with E-state index >= 15 is 0 Å². The Bertz CT molecular complexity index is 766. The number of aliphatic hydroxyl groups is 1. The van der Waals surface area contributed by atoms with Crippen molar-refractivity contribution >= 4 is 6.08 Å². The van der Waals surface area contributed by atoms with Crippen LogP contribution in [0.3, 0.4) is 0 Å². The van der Waals surface area contributed by atoms with Crippen LogP contribution in [-0.2, 0) is 6.54 Å². The lowest BCUT2D eigenvalue weighted by atomic mass is 9.45. The van der Waals surface area contributed by atoms with Crippen molar-refractivity contribution in [2.75, 3.05) is 0 Å². The lowest BCUT2D eigenvalue weighted by Crippen LogP contribution is -2.53. The molecule has 4 aliphatic carbocycles. The average Bonchev–Trinajstić information content (AvgIpc) is 3.25. The molecule has 5 rings (SSSR count). The van der Waals surface area contributed by atoms with Gasteiger partial charge in [-0.15, -0.1) is 0 Å². The van der Waals surface area contributed by atoms with E-state index in [1.165, 1.54) is 56.9 Å². The molecular formula is C25H38N2O. The Morgan fingerprint density at radius 2 is 1.96 bits per heavy atom. The summed E-state index contributed by atoms with van der Waals surface area (Å²) < 4.78 is 1.98. The van der Waals surface area contributed by atoms with Crippen LogP contribution in [0.15, 0.2) is 17.8 Å². The lowest BCUT2D eigenvalue weighted by molar-refractivity contribution is -0.119. The van der Waals surface area contributed by atoms with Gasteiger partial charge in [-0.3, -0.25) is 4.68 Å². The summed E-state index contributed by atoms with van der Waals surface area (Å²) in [5, 5.41) is 16.0. The molecule has 0 aromatic carbocycles. The van der Waals surface area contributed by atoms with Crippen LogP contribution in [0, 0.1) is 34.5 Å². The molecule has 7 atom stereocenters. The first kappa shape index (κ1) is 18.9. The van der Waals surface area contributed by atoms with Crippen molar-refractivity contribution in [1.29, 1.82) is 0 Å². The third-order valence-corrected chi connectivity index (χ3v) is 9.77. The Labute approximate surface area is 170 Å². The van der Waals surface area contributed by atoms with Crippen molar-refractivity contribution in [2.45, 2.75) is 91.2 Å². The van der Waals surface area contributed by atoms with Gasteiger partial charge in [-0.1, -0.05) is 26.7 Å². The summed E-state index contributed by atoms with van der Waals surface area (Å²) in [5.74, 6) is 3.31. The molecule has 0 bridgehead atoms. The largest absolute Gasteiger partial charge is 0.388 e. The van der Waals surface area contributed by atoms with E-state index in [0.717, 1.165) is 36.4 Å². The van der Waals surface area contributed by atoms with E-state index in [1.54, 1.807) is 0 Å². The molecule has 7 unspecified atom stereocenters. The maximum Gasteiger partial charge on any atom is 0.0851 e. The Hall–Kier alpha value is -1.09. The van der Waals surface area contributed by atoms with Crippen LogP contribution < -0.4 is 0 Å². The van der Waals surface area contributed by atoms with E-state index in [4.69, 9.17) is 0 Å². The number of hydrogen-bond acceptors (Lipinski definition) is 2. The maximum atomic E-state index is 11.4. The highest BCUT2D eigenvalue weighted by molar-refractivity contribution is 5.52. The average molecular weight is 383 g/mol. The summed E-state index contributed by atoms with van der Waals surface area (Å²) in [7, 11) is 0. The van der Waals surface area contributed by atoms with Crippen LogP contribution in [0.25, 0.3) is 6.08 Å². The maximum absolute atomic E-state index is 11.4. The molecule has 1 aromatic heterocycles. The van der Waals surface area contributed by atoms with Gasteiger partial charge in [0.2, 0.25) is 0 Å². The highest BCUT2D eigenvalue weighted by atomic mass is 16.3. The first-order valence-electron chi connectivity index (χ1n) is 11.9. The zero-order chi connectivity index (χ0) is 19.5. The Morgan fingerprint density at radius 1 is 1.11 bits per heavy atom. The number of nitrogens with zero attached hydrogens (tertiary/aromatic N) is 2. The predicted molar refractivity (Wildman–Crippen MR) is 114 cm³/mol. The summed E-state index contributed by atoms with van der Waals surface area (Å²) >= 11 is 0. The fourth-order valence-electron chi connectivity index (χ4n) is 8.11. The lowest BCUT2D eigenvalue weighted by Gasteiger charge is -2.60. The van der Waals surface area contributed by atoms with Gasteiger partial charge < -0.3 is 5.11 Å². The molecule has 3 nitrogen and oxygen atoms in total. The van der Waals surface area contributed by atoms with Gasteiger partial charge in [-0.25, -0.2) is 0 Å². The molecule has 0 saturated heterocycles. The molecule has 28 heavy (non-hydrogen) atoms. The molecule has 4 fully saturated rings. The molecule has 1 N–H and O–H groups in total. The number of hydrogen-bond donors (Lipinski definition) is 1. The Kier molecular flexibility index (Phi) is 4.54. The number of rotatable bonds is 2. The van der Waals surface area contributed by atoms with Crippen LogP contribution in [0.4, 0.5) is 0 Å². The third-order valence-electron chi connectivity index (χ3n) is 9.77. The Morgan fingerprint density at radius 3 is 2.75 bits per heavy atom. The normalized spacial score (nSPS) is 46.9. The second kappa shape index (κ2) is 6.72. The highest BCUT2D eigenvalue weighted by Gasteiger charge is 2.60. The molecule has 0 radical (unpaired) electrons. The van der Waals surface area contributed by atoms with E-state index < -0.39 is 0 Å². The standard InChI is InChI=1S/C25H38N2O/c1-4-27-14-11-19(26-27)15-17-16-22-20-9-8-18-7-5-6-12-24(18,2)21(20)10-13-25(22,3)23(17)28/h11,14-15,18,20-23,28H,4-10,12-13,16H2,1-3H3/b17-15-. The molecular weight excluding hydrogens is 344 g/mol. The molecule has 3 heteroatoms. The fraction of sp³-hybridized carbons (Fsp3) is 0.800. The summed E-state index contributed by atoms with van der Waals surface area (Å²) in [6, 6.07) is 2.09. The third kappa shape index (κ3) is 2.68. The van der Waals surface area contributed by atoms with Gasteiger partial charge in [0, 0.05) is 18.2 Å². The van der Waals surface area contributed by atoms with Gasteiger partial charge in [-0.05, 0) is 98.7 Å². The van der Waals surface area contributed by atoms with E-state index in [2.05, 4.69) is 38.0 Å². The monoisotopic (exact) mass is 382 g/mol. The predicted octanol–water partition coefficient (Wildman–Crippen LogP) is 5.69. The second-order valence-electron chi connectivity index (χ2n) is 10.9. The van der Waals surface area contributed by atoms with Gasteiger partial charge in [0.1, 0.15) is 0 Å². The van der Waals surface area contributed by atoms with Crippen molar-refractivity contribution in [3.05, 3.63) is 23.5 Å². The van der Waals surface area contributed by atoms with Crippen LogP contribution in [-0.4, -0.2) is 21.0 Å². The van der Waals surface area contributed by atoms with Gasteiger partial charge in [0.15, 0.2) is 0 Å². The smallest absolute Gasteiger partial charge is 0.0851 e. The van der Waals surface area contributed by atoms with Crippen molar-refractivity contribution in [3.63, 3.8) is 0 Å². The molecule has 1 heterocycles. The number of aliphatic hydroxyl groups excluding tert-OH is 1. The summed E-state index contributed by atoms with van der Waals surface area (Å²) in [6.07, 6.45) is 16.2. The van der Waals surface area contributed by atoms with Crippen LogP contribution in [0.2, 0.25) is 0 Å². The number of aryl methyl sites for hydroxylation is 1. The zero-order valence-electron chi connectivity index (χ0n) is 18.0. The minimum absolute atomic E-state index is 0.0676. The zero-order valence-corrected chi connectivity index (χ0v) is 18.0. The second-order valence-corrected chi connectivity index (χ2v) is 10.9. The van der Waals surface area contributed by atoms with Crippen molar-refractivity contribution in [3.8, 4) is 0 Å². The van der Waals surface area contributed by atoms with E-state index in [1.807, 2.05) is 10.9 Å². The topological polar surface area (TPSA) is 38.0 Å². The number of aromatic nitrogens is 2. The van der Waals surface area contributed by atoms with E-state index in [9.17, 15) is 5.11 Å². The SMILES string of the molecule is CCn1ccc(/C=C2/CC3C4CCC5CCCCC5(C)C4CCC3(C)C2O)n1. The van der Waals surface area contributed by atoms with Crippen molar-refractivity contribution in [1.82, 2.24) is 9.78 Å². The van der Waals surface area contributed by atoms with Crippen molar-refractivity contribution < 1.29 is 5.11 Å². The number of fused-ring (bicyclic) bond motifs is 5. The molecule has 0 spiro atoms. The van der Waals surface area contributed by atoms with Gasteiger partial charge >= 0.3 is 0 Å². The van der Waals surface area contributed by atoms with Crippen molar-refractivity contribution in [2.24, 2.45) is 34.5 Å². The Balaban J connectivity index is 1.44. The fourth-order valence-corrected chi connectivity index (χ4v) is 8.11. The first-order chi connectivity index (χ1) is 13.5. The molecule has 154 valence electrons. The highest BCUT2D eigenvalue weighted by Crippen LogP contribution is 2.66. The summed E-state index contributed by atoms with van der Waals surface area (Å²) in [5.41, 5.74) is 2.89. The molecule has 0 amide bonds. The van der Waals surface area contributed by atoms with E-state index in [0.29, 0.717) is 11.3 Å². The minimum Gasteiger partial charge on any atom is -0.388 e. The molecule has 1 aromatic rings. The minimum atomic E-state index is -0.290. The first-order valence-corrected chi connectivity index (χ1v) is 11.9. The van der Waals surface area contributed by atoms with Crippen LogP contribution >= 0.6 is 0 Å². The van der Waals surface area contributed by atoms with Gasteiger partial charge in [-0.2, -0.15) is 5.10 Å². The van der Waals surface area contributed by atoms with Crippen LogP contribution in [0.1, 0.15) is 84.3 Å². The molecule has 4 aliphatic rings. The molecule has 0 aliphatic heterocycles. The summed E-state index contributed by atoms with van der Waals surface area (Å²) in [4.78, 5) is 0. The van der Waals surface area contributed by atoms with Gasteiger partial charge in [0.05, 0.1) is 11.8 Å². The van der Waals surface area contributed by atoms with E-state index in [-0.39, 0.29) is 11.5 Å². The van der Waals surface area contributed by atoms with Crippen LogP contribution in [0.5, 0.6) is 0 Å². The van der Waals surface area contributed by atoms with Gasteiger partial charge in [0.25, 0.3) is 0 Å². The molecule has 4 saturated carbocycles.